The summed E-state index contributed by atoms with van der Waals surface area (Å²) < 4.78 is 13.2. The van der Waals surface area contributed by atoms with E-state index < -0.39 is 17.8 Å². The van der Waals surface area contributed by atoms with Gasteiger partial charge in [0.1, 0.15) is 22.1 Å². The molecule has 4 aromatic rings. The van der Waals surface area contributed by atoms with Gasteiger partial charge < -0.3 is 14.8 Å². The SMILES string of the molecule is CCOC(=O)c1sc(NC(=O)Cn2c(=O)c3ccccc3n3nc(C)cc23)c(C(=O)OCC)c1C. The summed E-state index contributed by atoms with van der Waals surface area (Å²) in [6.45, 7) is 6.70. The van der Waals surface area contributed by atoms with Gasteiger partial charge in [0.25, 0.3) is 5.56 Å². The minimum Gasteiger partial charge on any atom is -0.462 e. The number of benzene rings is 1. The van der Waals surface area contributed by atoms with E-state index in [4.69, 9.17) is 9.47 Å². The molecule has 0 saturated heterocycles. The van der Waals surface area contributed by atoms with Crippen LogP contribution in [0.3, 0.4) is 0 Å². The van der Waals surface area contributed by atoms with E-state index >= 15 is 0 Å². The van der Waals surface area contributed by atoms with E-state index in [0.717, 1.165) is 11.3 Å². The Labute approximate surface area is 204 Å². The Balaban J connectivity index is 1.74. The summed E-state index contributed by atoms with van der Waals surface area (Å²) >= 11 is 0.929. The Morgan fingerprint density at radius 2 is 1.74 bits per heavy atom. The van der Waals surface area contributed by atoms with Crippen molar-refractivity contribution >= 4 is 50.7 Å². The number of fused-ring (bicyclic) bond motifs is 3. The van der Waals surface area contributed by atoms with Crippen LogP contribution in [-0.4, -0.2) is 45.2 Å². The van der Waals surface area contributed by atoms with Gasteiger partial charge in [0, 0.05) is 6.07 Å². The van der Waals surface area contributed by atoms with Gasteiger partial charge in [-0.2, -0.15) is 5.10 Å². The number of rotatable bonds is 7. The second kappa shape index (κ2) is 9.71. The number of nitrogens with one attached hydrogen (secondary N) is 1. The maximum absolute atomic E-state index is 13.2. The number of aryl methyl sites for hydroxylation is 1. The van der Waals surface area contributed by atoms with E-state index in [1.807, 2.05) is 6.07 Å². The Bertz CT molecular complexity index is 1530. The summed E-state index contributed by atoms with van der Waals surface area (Å²) in [5.74, 6) is -1.81. The van der Waals surface area contributed by atoms with Gasteiger partial charge in [-0.05, 0) is 45.4 Å². The van der Waals surface area contributed by atoms with Crippen LogP contribution in [0.4, 0.5) is 5.00 Å². The van der Waals surface area contributed by atoms with Gasteiger partial charge in [-0.3, -0.25) is 14.2 Å². The molecule has 1 aromatic carbocycles. The number of amides is 1. The summed E-state index contributed by atoms with van der Waals surface area (Å²) in [6, 6.07) is 8.74. The Morgan fingerprint density at radius 3 is 2.46 bits per heavy atom. The van der Waals surface area contributed by atoms with Crippen LogP contribution in [-0.2, 0) is 20.8 Å². The number of nitrogens with zero attached hydrogens (tertiary/aromatic N) is 3. The molecule has 0 fully saturated rings. The van der Waals surface area contributed by atoms with Crippen LogP contribution in [0.1, 0.15) is 45.1 Å². The van der Waals surface area contributed by atoms with Gasteiger partial charge in [0.15, 0.2) is 0 Å². The highest BCUT2D eigenvalue weighted by Gasteiger charge is 2.27. The van der Waals surface area contributed by atoms with E-state index in [2.05, 4.69) is 10.4 Å². The molecular weight excluding hydrogens is 472 g/mol. The number of carbonyl (C=O) groups excluding carboxylic acids is 3. The molecule has 10 nitrogen and oxygen atoms in total. The minimum absolute atomic E-state index is 0.0875. The fraction of sp³-hybridized carbons (Fsp3) is 0.292. The number of hydrogen-bond donors (Lipinski definition) is 1. The molecule has 0 unspecified atom stereocenters. The first-order valence-electron chi connectivity index (χ1n) is 11.0. The third kappa shape index (κ3) is 4.42. The molecule has 0 spiro atoms. The highest BCUT2D eigenvalue weighted by Crippen LogP contribution is 2.34. The lowest BCUT2D eigenvalue weighted by Gasteiger charge is -2.11. The summed E-state index contributed by atoms with van der Waals surface area (Å²) in [5, 5.41) is 7.72. The first-order chi connectivity index (χ1) is 16.8. The summed E-state index contributed by atoms with van der Waals surface area (Å²) in [4.78, 5) is 51.5. The largest absolute Gasteiger partial charge is 0.462 e. The topological polar surface area (TPSA) is 121 Å². The molecule has 11 heteroatoms. The van der Waals surface area contributed by atoms with Crippen molar-refractivity contribution < 1.29 is 23.9 Å². The number of para-hydroxylation sites is 1. The van der Waals surface area contributed by atoms with E-state index in [-0.39, 0.29) is 40.8 Å². The monoisotopic (exact) mass is 496 g/mol. The maximum Gasteiger partial charge on any atom is 0.348 e. The average Bonchev–Trinajstić information content (AvgIpc) is 3.36. The van der Waals surface area contributed by atoms with Crippen molar-refractivity contribution in [2.75, 3.05) is 18.5 Å². The molecule has 0 radical (unpaired) electrons. The zero-order chi connectivity index (χ0) is 25.3. The summed E-state index contributed by atoms with van der Waals surface area (Å²) in [7, 11) is 0. The maximum atomic E-state index is 13.2. The van der Waals surface area contributed by atoms with Crippen LogP contribution in [0.2, 0.25) is 0 Å². The van der Waals surface area contributed by atoms with E-state index in [1.54, 1.807) is 56.5 Å². The standard InChI is InChI=1S/C24H24N4O6S/c1-5-33-23(31)19-14(4)20(24(32)34-6-2)35-21(19)25-17(29)12-27-18-11-13(3)26-28(18)16-10-8-7-9-15(16)22(27)30/h7-11H,5-6,12H2,1-4H3,(H,25,29). The number of ether oxygens (including phenoxy) is 2. The number of aromatic nitrogens is 3. The molecule has 0 atom stereocenters. The predicted molar refractivity (Wildman–Crippen MR) is 131 cm³/mol. The van der Waals surface area contributed by atoms with Crippen LogP contribution in [0, 0.1) is 13.8 Å². The van der Waals surface area contributed by atoms with E-state index in [1.165, 1.54) is 4.57 Å². The molecule has 1 N–H and O–H groups in total. The molecule has 35 heavy (non-hydrogen) atoms. The van der Waals surface area contributed by atoms with Gasteiger partial charge in [0.2, 0.25) is 5.91 Å². The molecule has 1 amide bonds. The van der Waals surface area contributed by atoms with Crippen LogP contribution in [0.15, 0.2) is 35.1 Å². The van der Waals surface area contributed by atoms with Crippen molar-refractivity contribution in [3.8, 4) is 0 Å². The lowest BCUT2D eigenvalue weighted by molar-refractivity contribution is -0.116. The molecule has 0 saturated carbocycles. The first kappa shape index (κ1) is 24.1. The van der Waals surface area contributed by atoms with Crippen LogP contribution in [0.5, 0.6) is 0 Å². The van der Waals surface area contributed by atoms with Crippen molar-refractivity contribution in [1.29, 1.82) is 0 Å². The quantitative estimate of drug-likeness (QED) is 0.390. The van der Waals surface area contributed by atoms with Gasteiger partial charge >= 0.3 is 11.9 Å². The zero-order valence-electron chi connectivity index (χ0n) is 19.7. The normalized spacial score (nSPS) is 11.1. The van der Waals surface area contributed by atoms with Crippen molar-refractivity contribution in [3.05, 3.63) is 62.4 Å². The highest BCUT2D eigenvalue weighted by molar-refractivity contribution is 7.18. The van der Waals surface area contributed by atoms with Crippen molar-refractivity contribution in [2.24, 2.45) is 0 Å². The number of hydrogen-bond acceptors (Lipinski definition) is 8. The Morgan fingerprint density at radius 1 is 1.06 bits per heavy atom. The lowest BCUT2D eigenvalue weighted by Crippen LogP contribution is -2.29. The van der Waals surface area contributed by atoms with Crippen LogP contribution >= 0.6 is 11.3 Å². The average molecular weight is 497 g/mol. The van der Waals surface area contributed by atoms with Gasteiger partial charge in [-0.15, -0.1) is 11.3 Å². The second-order valence-electron chi connectivity index (χ2n) is 7.71. The number of anilines is 1. The first-order valence-corrected chi connectivity index (χ1v) is 11.8. The predicted octanol–water partition coefficient (Wildman–Crippen LogP) is 3.32. The molecule has 3 heterocycles. The molecule has 4 rings (SSSR count). The smallest absolute Gasteiger partial charge is 0.348 e. The molecule has 0 aliphatic heterocycles. The van der Waals surface area contributed by atoms with Crippen LogP contribution < -0.4 is 10.9 Å². The molecule has 3 aromatic heterocycles. The van der Waals surface area contributed by atoms with Crippen molar-refractivity contribution in [1.82, 2.24) is 14.2 Å². The van der Waals surface area contributed by atoms with Crippen molar-refractivity contribution in [2.45, 2.75) is 34.2 Å². The third-order valence-electron chi connectivity index (χ3n) is 5.34. The van der Waals surface area contributed by atoms with Gasteiger partial charge in [0.05, 0.1) is 35.4 Å². The van der Waals surface area contributed by atoms with Crippen molar-refractivity contribution in [3.63, 3.8) is 0 Å². The second-order valence-corrected chi connectivity index (χ2v) is 8.73. The number of carbonyl (C=O) groups is 3. The molecule has 0 aliphatic rings. The lowest BCUT2D eigenvalue weighted by atomic mass is 10.1. The fourth-order valence-electron chi connectivity index (χ4n) is 3.85. The zero-order valence-corrected chi connectivity index (χ0v) is 20.5. The number of esters is 2. The fourth-order valence-corrected chi connectivity index (χ4v) is 4.95. The third-order valence-corrected chi connectivity index (χ3v) is 6.53. The highest BCUT2D eigenvalue weighted by atomic mass is 32.1. The molecule has 0 aliphatic carbocycles. The van der Waals surface area contributed by atoms with Crippen LogP contribution in [0.25, 0.3) is 16.6 Å². The molecule has 182 valence electrons. The number of thiophene rings is 1. The summed E-state index contributed by atoms with van der Waals surface area (Å²) in [6.07, 6.45) is 0. The summed E-state index contributed by atoms with van der Waals surface area (Å²) in [5.41, 5.74) is 1.88. The minimum atomic E-state index is -0.663. The van der Waals surface area contributed by atoms with E-state index in [9.17, 15) is 19.2 Å². The van der Waals surface area contributed by atoms with Gasteiger partial charge in [-0.25, -0.2) is 14.1 Å². The Hall–Kier alpha value is -3.99. The van der Waals surface area contributed by atoms with Gasteiger partial charge in [-0.1, -0.05) is 12.1 Å². The Kier molecular flexibility index (Phi) is 6.70. The van der Waals surface area contributed by atoms with E-state index in [0.29, 0.717) is 27.8 Å². The molecule has 0 bridgehead atoms. The molecular formula is C24H24N4O6S.